The lowest BCUT2D eigenvalue weighted by Crippen LogP contribution is -2.30. The molecule has 55 heavy (non-hydrogen) atoms. The molecule has 262 valence electrons. The van der Waals surface area contributed by atoms with Crippen molar-refractivity contribution in [2.45, 2.75) is 37.5 Å². The van der Waals surface area contributed by atoms with Crippen molar-refractivity contribution in [3.8, 4) is 33.4 Å². The van der Waals surface area contributed by atoms with Gasteiger partial charge in [0.15, 0.2) is 0 Å². The second-order valence-electron chi connectivity index (χ2n) is 16.0. The van der Waals surface area contributed by atoms with Gasteiger partial charge < -0.3 is 4.90 Å². The lowest BCUT2D eigenvalue weighted by Gasteiger charge is -2.36. The monoisotopic (exact) mass is 703 g/mol. The summed E-state index contributed by atoms with van der Waals surface area (Å²) >= 11 is 0. The third kappa shape index (κ3) is 4.60. The summed E-state index contributed by atoms with van der Waals surface area (Å²) in [6.07, 6.45) is 2.05. The van der Waals surface area contributed by atoms with Gasteiger partial charge in [-0.05, 0) is 127 Å². The smallest absolute Gasteiger partial charge is 0.0719 e. The molecule has 0 unspecified atom stereocenters. The minimum absolute atomic E-state index is 0.109. The summed E-state index contributed by atoms with van der Waals surface area (Å²) in [7, 11) is 0. The van der Waals surface area contributed by atoms with Gasteiger partial charge in [-0.25, -0.2) is 0 Å². The third-order valence-corrected chi connectivity index (χ3v) is 12.9. The zero-order chi connectivity index (χ0) is 36.7. The van der Waals surface area contributed by atoms with Crippen molar-refractivity contribution in [3.05, 3.63) is 233 Å². The Kier molecular flexibility index (Phi) is 7.01. The molecule has 0 aliphatic heterocycles. The van der Waals surface area contributed by atoms with E-state index in [9.17, 15) is 0 Å². The van der Waals surface area contributed by atoms with E-state index in [1.165, 1.54) is 83.6 Å². The molecule has 0 N–H and O–H groups in total. The molecule has 11 rings (SSSR count). The molecule has 8 aromatic carbocycles. The molecular weight excluding hydrogens is 663 g/mol. The number of anilines is 3. The first-order valence-corrected chi connectivity index (χ1v) is 19.6. The molecule has 0 atom stereocenters. The van der Waals surface area contributed by atoms with Crippen molar-refractivity contribution >= 4 is 17.1 Å². The van der Waals surface area contributed by atoms with E-state index in [4.69, 9.17) is 0 Å². The highest BCUT2D eigenvalue weighted by molar-refractivity contribution is 5.91. The summed E-state index contributed by atoms with van der Waals surface area (Å²) in [5.41, 5.74) is 21.8. The highest BCUT2D eigenvalue weighted by Crippen LogP contribution is 2.59. The van der Waals surface area contributed by atoms with Crippen molar-refractivity contribution in [2.75, 3.05) is 4.90 Å². The van der Waals surface area contributed by atoms with E-state index in [2.05, 4.69) is 207 Å². The molecule has 3 aliphatic carbocycles. The van der Waals surface area contributed by atoms with Crippen LogP contribution in [0.5, 0.6) is 0 Å². The minimum atomic E-state index is -0.434. The van der Waals surface area contributed by atoms with Gasteiger partial charge in [-0.1, -0.05) is 166 Å². The molecule has 0 heterocycles. The zero-order valence-electron chi connectivity index (χ0n) is 31.3. The van der Waals surface area contributed by atoms with Crippen LogP contribution in [0.25, 0.3) is 33.4 Å². The van der Waals surface area contributed by atoms with E-state index in [1.807, 2.05) is 0 Å². The van der Waals surface area contributed by atoms with E-state index in [1.54, 1.807) is 0 Å². The highest BCUT2D eigenvalue weighted by atomic mass is 15.1. The summed E-state index contributed by atoms with van der Waals surface area (Å²) in [6, 6.07) is 70.7. The molecule has 0 amide bonds. The van der Waals surface area contributed by atoms with Crippen LogP contribution in [0.15, 0.2) is 188 Å². The van der Waals surface area contributed by atoms with Gasteiger partial charge in [0.25, 0.3) is 0 Å². The fourth-order valence-corrected chi connectivity index (χ4v) is 10.3. The van der Waals surface area contributed by atoms with Gasteiger partial charge in [-0.3, -0.25) is 0 Å². The number of nitrogens with zero attached hydrogens (tertiary/aromatic N) is 1. The van der Waals surface area contributed by atoms with E-state index < -0.39 is 5.41 Å². The van der Waals surface area contributed by atoms with Gasteiger partial charge in [0.1, 0.15) is 0 Å². The predicted molar refractivity (Wildman–Crippen MR) is 229 cm³/mol. The number of benzene rings is 8. The van der Waals surface area contributed by atoms with Gasteiger partial charge in [0.2, 0.25) is 0 Å². The van der Waals surface area contributed by atoms with Crippen molar-refractivity contribution in [3.63, 3.8) is 0 Å². The molecule has 0 radical (unpaired) electrons. The number of hydrogen-bond acceptors (Lipinski definition) is 1. The largest absolute Gasteiger partial charge is 0.310 e. The zero-order valence-corrected chi connectivity index (χ0v) is 31.3. The molecule has 0 bridgehead atoms. The maximum Gasteiger partial charge on any atom is 0.0719 e. The Balaban J connectivity index is 1.17. The standard InChI is InChI=1S/C54H41N/c1-53(2)49-22-12-8-18-43(49)45-32-30-41(34-51(45)53)55(40-28-26-37(27-29-40)36-14-4-3-5-15-36)42-31-33-46-44-19-9-13-23-50(44)54(52(46)35-42)47-20-10-6-16-38(47)24-25-39-17-7-11-21-48(39)54/h3-23,26-35H,24-25H2,1-2H3. The quantitative estimate of drug-likeness (QED) is 0.176. The molecule has 1 spiro atoms. The van der Waals surface area contributed by atoms with Crippen LogP contribution in [0.4, 0.5) is 17.1 Å². The van der Waals surface area contributed by atoms with Crippen LogP contribution in [0.3, 0.4) is 0 Å². The number of aryl methyl sites for hydroxylation is 2. The molecule has 8 aromatic rings. The van der Waals surface area contributed by atoms with E-state index in [0.717, 1.165) is 24.2 Å². The topological polar surface area (TPSA) is 3.24 Å². The lowest BCUT2D eigenvalue weighted by molar-refractivity contribution is 0.660. The second kappa shape index (κ2) is 12.0. The molecule has 0 fully saturated rings. The molecular formula is C54H41N. The van der Waals surface area contributed by atoms with Crippen LogP contribution in [-0.2, 0) is 23.7 Å². The predicted octanol–water partition coefficient (Wildman–Crippen LogP) is 13.6. The molecule has 0 aromatic heterocycles. The minimum Gasteiger partial charge on any atom is -0.310 e. The van der Waals surface area contributed by atoms with Crippen LogP contribution in [0.2, 0.25) is 0 Å². The van der Waals surface area contributed by atoms with Crippen LogP contribution in [0.1, 0.15) is 58.4 Å². The van der Waals surface area contributed by atoms with Crippen LogP contribution in [0, 0.1) is 0 Å². The fraction of sp³-hybridized carbons (Fsp3) is 0.111. The summed E-state index contributed by atoms with van der Waals surface area (Å²) < 4.78 is 0. The Morgan fingerprint density at radius 2 is 0.782 bits per heavy atom. The van der Waals surface area contributed by atoms with E-state index in [0.29, 0.717) is 0 Å². The second-order valence-corrected chi connectivity index (χ2v) is 16.0. The average Bonchev–Trinajstić information content (AvgIpc) is 3.59. The van der Waals surface area contributed by atoms with E-state index >= 15 is 0 Å². The lowest BCUT2D eigenvalue weighted by atomic mass is 9.66. The summed E-state index contributed by atoms with van der Waals surface area (Å²) in [5.74, 6) is 0. The van der Waals surface area contributed by atoms with Gasteiger partial charge in [0, 0.05) is 22.5 Å². The molecule has 3 aliphatic rings. The van der Waals surface area contributed by atoms with Crippen molar-refractivity contribution in [1.29, 1.82) is 0 Å². The number of fused-ring (bicyclic) bond motifs is 12. The first kappa shape index (κ1) is 32.0. The highest BCUT2D eigenvalue weighted by Gasteiger charge is 2.49. The van der Waals surface area contributed by atoms with E-state index in [-0.39, 0.29) is 5.41 Å². The SMILES string of the molecule is CC1(C)c2ccccc2-c2ccc(N(c3ccc(-c4ccccc4)cc3)c3ccc4c(c3)C3(c5ccccc5CCc5ccccc53)c3ccccc3-4)cc21. The average molecular weight is 704 g/mol. The van der Waals surface area contributed by atoms with Crippen LogP contribution < -0.4 is 4.90 Å². The Morgan fingerprint density at radius 1 is 0.345 bits per heavy atom. The van der Waals surface area contributed by atoms with Crippen LogP contribution >= 0.6 is 0 Å². The van der Waals surface area contributed by atoms with Crippen molar-refractivity contribution < 1.29 is 0 Å². The summed E-state index contributed by atoms with van der Waals surface area (Å²) in [6.45, 7) is 4.75. The molecule has 0 saturated heterocycles. The maximum absolute atomic E-state index is 2.52. The Hall–Kier alpha value is -6.44. The molecule has 1 heteroatoms. The van der Waals surface area contributed by atoms with Crippen molar-refractivity contribution in [2.24, 2.45) is 0 Å². The van der Waals surface area contributed by atoms with Crippen molar-refractivity contribution in [1.82, 2.24) is 0 Å². The van der Waals surface area contributed by atoms with Gasteiger partial charge in [0.05, 0.1) is 5.41 Å². The normalized spacial score (nSPS) is 14.9. The first-order valence-electron chi connectivity index (χ1n) is 19.6. The Labute approximate surface area is 324 Å². The number of hydrogen-bond donors (Lipinski definition) is 0. The fourth-order valence-electron chi connectivity index (χ4n) is 10.3. The van der Waals surface area contributed by atoms with Crippen LogP contribution in [-0.4, -0.2) is 0 Å². The summed E-state index contributed by atoms with van der Waals surface area (Å²) in [4.78, 5) is 2.49. The first-order chi connectivity index (χ1) is 27.0. The Bertz CT molecular complexity index is 2740. The molecule has 1 nitrogen and oxygen atoms in total. The van der Waals surface area contributed by atoms with Gasteiger partial charge in [-0.2, -0.15) is 0 Å². The van der Waals surface area contributed by atoms with Gasteiger partial charge in [-0.15, -0.1) is 0 Å². The molecule has 0 saturated carbocycles. The third-order valence-electron chi connectivity index (χ3n) is 12.9. The van der Waals surface area contributed by atoms with Gasteiger partial charge >= 0.3 is 0 Å². The maximum atomic E-state index is 2.52. The Morgan fingerprint density at radius 3 is 1.42 bits per heavy atom. The summed E-state index contributed by atoms with van der Waals surface area (Å²) in [5, 5.41) is 0. The number of rotatable bonds is 4.